The van der Waals surface area contributed by atoms with Crippen LogP contribution in [-0.4, -0.2) is 45.4 Å². The molecule has 1 aromatic carbocycles. The maximum atomic E-state index is 5.77. The second kappa shape index (κ2) is 8.25. The molecule has 2 N–H and O–H groups in total. The lowest BCUT2D eigenvalue weighted by molar-refractivity contribution is 0.132. The van der Waals surface area contributed by atoms with E-state index in [1.807, 2.05) is 6.07 Å². The first-order valence-electron chi connectivity index (χ1n) is 7.97. The highest BCUT2D eigenvalue weighted by atomic mass is 16.5. The molecule has 124 valence electrons. The van der Waals surface area contributed by atoms with Gasteiger partial charge in [0, 0.05) is 18.2 Å². The zero-order valence-electron chi connectivity index (χ0n) is 13.9. The predicted molar refractivity (Wildman–Crippen MR) is 87.8 cm³/mol. The number of hydrogen-bond donors (Lipinski definition) is 1. The monoisotopic (exact) mass is 308 g/mol. The zero-order valence-corrected chi connectivity index (χ0v) is 13.9. The number of nitrogens with two attached hydrogens (primary N) is 1. The van der Waals surface area contributed by atoms with Crippen molar-refractivity contribution in [3.8, 4) is 17.2 Å². The summed E-state index contributed by atoms with van der Waals surface area (Å²) in [6.07, 6.45) is 4.82. The lowest BCUT2D eigenvalue weighted by atomic mass is 9.98. The van der Waals surface area contributed by atoms with Gasteiger partial charge >= 0.3 is 0 Å². The molecule has 1 heterocycles. The van der Waals surface area contributed by atoms with Crippen LogP contribution in [0, 0.1) is 0 Å². The summed E-state index contributed by atoms with van der Waals surface area (Å²) in [6.45, 7) is 2.71. The van der Waals surface area contributed by atoms with Gasteiger partial charge in [0.05, 0.1) is 21.3 Å². The molecule has 2 rings (SSSR count). The molecule has 0 saturated carbocycles. The molecule has 0 radical (unpaired) electrons. The van der Waals surface area contributed by atoms with Crippen LogP contribution in [0.5, 0.6) is 17.2 Å². The van der Waals surface area contributed by atoms with Gasteiger partial charge in [0.1, 0.15) is 0 Å². The maximum absolute atomic E-state index is 5.77. The Balaban J connectivity index is 2.24. The highest BCUT2D eigenvalue weighted by Crippen LogP contribution is 2.40. The van der Waals surface area contributed by atoms with Crippen LogP contribution < -0.4 is 19.9 Å². The van der Waals surface area contributed by atoms with Crippen molar-refractivity contribution in [2.24, 2.45) is 5.73 Å². The number of likely N-dealkylation sites (tertiary alicyclic amines) is 1. The van der Waals surface area contributed by atoms with Crippen LogP contribution in [-0.2, 0) is 6.54 Å². The van der Waals surface area contributed by atoms with Gasteiger partial charge in [-0.25, -0.2) is 0 Å². The number of rotatable bonds is 7. The lowest BCUT2D eigenvalue weighted by Gasteiger charge is -2.36. The third-order valence-electron chi connectivity index (χ3n) is 4.41. The summed E-state index contributed by atoms with van der Waals surface area (Å²) in [7, 11) is 4.95. The zero-order chi connectivity index (χ0) is 15.9. The molecular weight excluding hydrogens is 280 g/mol. The Hall–Kier alpha value is -1.46. The second-order valence-electron chi connectivity index (χ2n) is 5.69. The van der Waals surface area contributed by atoms with Crippen molar-refractivity contribution in [2.45, 2.75) is 38.3 Å². The van der Waals surface area contributed by atoms with Crippen LogP contribution >= 0.6 is 0 Å². The molecule has 0 spiro atoms. The average molecular weight is 308 g/mol. The van der Waals surface area contributed by atoms with E-state index in [-0.39, 0.29) is 0 Å². The number of piperidine rings is 1. The van der Waals surface area contributed by atoms with Crippen LogP contribution in [0.4, 0.5) is 0 Å². The Bertz CT molecular complexity index is 477. The summed E-state index contributed by atoms with van der Waals surface area (Å²) in [5, 5.41) is 0. The average Bonchev–Trinajstić information content (AvgIpc) is 2.56. The molecule has 5 nitrogen and oxygen atoms in total. The fraction of sp³-hybridized carbons (Fsp3) is 0.647. The summed E-state index contributed by atoms with van der Waals surface area (Å²) in [6, 6.07) is 4.57. The summed E-state index contributed by atoms with van der Waals surface area (Å²) < 4.78 is 16.4. The topological polar surface area (TPSA) is 57.0 Å². The maximum Gasteiger partial charge on any atom is 0.203 e. The molecule has 1 unspecified atom stereocenters. The van der Waals surface area contributed by atoms with Crippen molar-refractivity contribution >= 4 is 0 Å². The Morgan fingerprint density at radius 3 is 2.50 bits per heavy atom. The molecule has 1 atom stereocenters. The SMILES string of the molecule is COc1ccc(CN2CCCCC2CCN)c(OC)c1OC. The van der Waals surface area contributed by atoms with Gasteiger partial charge in [-0.15, -0.1) is 0 Å². The minimum atomic E-state index is 0.566. The van der Waals surface area contributed by atoms with Gasteiger partial charge in [0.2, 0.25) is 5.75 Å². The van der Waals surface area contributed by atoms with E-state index in [1.165, 1.54) is 19.3 Å². The van der Waals surface area contributed by atoms with Crippen molar-refractivity contribution in [3.05, 3.63) is 17.7 Å². The smallest absolute Gasteiger partial charge is 0.203 e. The molecule has 22 heavy (non-hydrogen) atoms. The minimum absolute atomic E-state index is 0.566. The van der Waals surface area contributed by atoms with Crippen LogP contribution in [0.15, 0.2) is 12.1 Å². The molecule has 5 heteroatoms. The van der Waals surface area contributed by atoms with E-state index in [9.17, 15) is 0 Å². The molecule has 1 aromatic rings. The number of methoxy groups -OCH3 is 3. The van der Waals surface area contributed by atoms with E-state index >= 15 is 0 Å². The summed E-state index contributed by atoms with van der Waals surface area (Å²) in [4.78, 5) is 2.51. The Labute approximate surface area is 133 Å². The van der Waals surface area contributed by atoms with Gasteiger partial charge < -0.3 is 19.9 Å². The minimum Gasteiger partial charge on any atom is -0.493 e. The lowest BCUT2D eigenvalue weighted by Crippen LogP contribution is -2.40. The van der Waals surface area contributed by atoms with Crippen LogP contribution in [0.2, 0.25) is 0 Å². The molecule has 0 bridgehead atoms. The molecule has 0 aromatic heterocycles. The summed E-state index contributed by atoms with van der Waals surface area (Å²) >= 11 is 0. The Morgan fingerprint density at radius 1 is 1.09 bits per heavy atom. The standard InChI is InChI=1S/C17H28N2O3/c1-20-15-8-7-13(16(21-2)17(15)22-3)12-19-11-5-4-6-14(19)9-10-18/h7-8,14H,4-6,9-12,18H2,1-3H3. The number of hydrogen-bond acceptors (Lipinski definition) is 5. The molecular formula is C17H28N2O3. The second-order valence-corrected chi connectivity index (χ2v) is 5.69. The van der Waals surface area contributed by atoms with E-state index < -0.39 is 0 Å². The number of ether oxygens (including phenoxy) is 3. The fourth-order valence-electron chi connectivity index (χ4n) is 3.29. The first kappa shape index (κ1) is 16.9. The fourth-order valence-corrected chi connectivity index (χ4v) is 3.29. The highest BCUT2D eigenvalue weighted by Gasteiger charge is 2.24. The van der Waals surface area contributed by atoms with Crippen LogP contribution in [0.3, 0.4) is 0 Å². The van der Waals surface area contributed by atoms with Crippen LogP contribution in [0.1, 0.15) is 31.2 Å². The van der Waals surface area contributed by atoms with E-state index in [0.717, 1.165) is 37.4 Å². The normalized spacial score (nSPS) is 19.0. The molecule has 0 amide bonds. The van der Waals surface area contributed by atoms with Gasteiger partial charge in [0.15, 0.2) is 11.5 Å². The predicted octanol–water partition coefficient (Wildman–Crippen LogP) is 2.42. The van der Waals surface area contributed by atoms with E-state index in [0.29, 0.717) is 17.5 Å². The van der Waals surface area contributed by atoms with Gasteiger partial charge in [-0.05, 0) is 38.4 Å². The van der Waals surface area contributed by atoms with Gasteiger partial charge in [-0.3, -0.25) is 4.90 Å². The first-order chi connectivity index (χ1) is 10.7. The first-order valence-corrected chi connectivity index (χ1v) is 7.97. The van der Waals surface area contributed by atoms with Crippen LogP contribution in [0.25, 0.3) is 0 Å². The van der Waals surface area contributed by atoms with Crippen molar-refractivity contribution in [1.29, 1.82) is 0 Å². The third kappa shape index (κ3) is 3.65. The third-order valence-corrected chi connectivity index (χ3v) is 4.41. The van der Waals surface area contributed by atoms with Crippen molar-refractivity contribution in [3.63, 3.8) is 0 Å². The van der Waals surface area contributed by atoms with Gasteiger partial charge in [-0.2, -0.15) is 0 Å². The van der Waals surface area contributed by atoms with Crippen molar-refractivity contribution in [2.75, 3.05) is 34.4 Å². The largest absolute Gasteiger partial charge is 0.493 e. The Kier molecular flexibility index (Phi) is 6.34. The molecule has 1 aliphatic heterocycles. The molecule has 1 aliphatic rings. The number of benzene rings is 1. The highest BCUT2D eigenvalue weighted by molar-refractivity contribution is 5.55. The van der Waals surface area contributed by atoms with Gasteiger partial charge in [0.25, 0.3) is 0 Å². The molecule has 0 aliphatic carbocycles. The van der Waals surface area contributed by atoms with E-state index in [1.54, 1.807) is 21.3 Å². The van der Waals surface area contributed by atoms with Crippen molar-refractivity contribution in [1.82, 2.24) is 4.90 Å². The molecule has 1 saturated heterocycles. The summed E-state index contributed by atoms with van der Waals surface area (Å²) in [5.41, 5.74) is 6.90. The van der Waals surface area contributed by atoms with E-state index in [4.69, 9.17) is 19.9 Å². The number of nitrogens with zero attached hydrogens (tertiary/aromatic N) is 1. The summed E-state index contributed by atoms with van der Waals surface area (Å²) in [5.74, 6) is 2.12. The van der Waals surface area contributed by atoms with Crippen molar-refractivity contribution < 1.29 is 14.2 Å². The quantitative estimate of drug-likeness (QED) is 0.838. The van der Waals surface area contributed by atoms with E-state index in [2.05, 4.69) is 11.0 Å². The Morgan fingerprint density at radius 2 is 1.86 bits per heavy atom. The molecule has 1 fully saturated rings. The van der Waals surface area contributed by atoms with Gasteiger partial charge in [-0.1, -0.05) is 12.5 Å².